The van der Waals surface area contributed by atoms with Crippen molar-refractivity contribution >= 4 is 17.4 Å². The first-order valence-electron chi connectivity index (χ1n) is 4.73. The molecule has 0 spiro atoms. The molecule has 0 unspecified atom stereocenters. The van der Waals surface area contributed by atoms with Crippen LogP contribution in [-0.4, -0.2) is 43.3 Å². The molecule has 0 bridgehead atoms. The molecule has 1 heterocycles. The number of methoxy groups -OCH3 is 1. The third-order valence-corrected chi connectivity index (χ3v) is 2.02. The summed E-state index contributed by atoms with van der Waals surface area (Å²) < 4.78 is 4.90. The number of halogens is 1. The lowest BCUT2D eigenvalue weighted by Crippen LogP contribution is -2.25. The van der Waals surface area contributed by atoms with Crippen molar-refractivity contribution in [1.82, 2.24) is 15.3 Å². The van der Waals surface area contributed by atoms with Gasteiger partial charge in [0.2, 0.25) is 0 Å². The van der Waals surface area contributed by atoms with Crippen LogP contribution in [0.5, 0.6) is 0 Å². The maximum atomic E-state index is 5.86. The maximum absolute atomic E-state index is 5.86. The summed E-state index contributed by atoms with van der Waals surface area (Å²) in [6.45, 7) is 3.16. The summed E-state index contributed by atoms with van der Waals surface area (Å²) in [4.78, 5) is 7.80. The van der Waals surface area contributed by atoms with Gasteiger partial charge in [0, 0.05) is 26.7 Å². The fraction of sp³-hybridized carbons (Fsp3) is 0.556. The number of hydrogen-bond acceptors (Lipinski definition) is 5. The molecule has 15 heavy (non-hydrogen) atoms. The summed E-state index contributed by atoms with van der Waals surface area (Å²) in [5, 5.41) is 6.84. The van der Waals surface area contributed by atoms with Gasteiger partial charge in [0.05, 0.1) is 12.8 Å². The van der Waals surface area contributed by atoms with Gasteiger partial charge in [-0.15, -0.1) is 0 Å². The minimum absolute atomic E-state index is 0.536. The molecule has 0 saturated heterocycles. The van der Waals surface area contributed by atoms with E-state index in [-0.39, 0.29) is 0 Å². The van der Waals surface area contributed by atoms with Crippen LogP contribution in [0.3, 0.4) is 0 Å². The van der Waals surface area contributed by atoms with Crippen LogP contribution in [0.1, 0.15) is 0 Å². The quantitative estimate of drug-likeness (QED) is 0.678. The molecular weight excluding hydrogens is 216 g/mol. The fourth-order valence-corrected chi connectivity index (χ4v) is 1.18. The SMILES string of the molecule is COCCNCCNc1ncncc1Cl. The van der Waals surface area contributed by atoms with E-state index in [1.807, 2.05) is 0 Å². The van der Waals surface area contributed by atoms with Crippen LogP contribution in [0.2, 0.25) is 5.02 Å². The van der Waals surface area contributed by atoms with Crippen LogP contribution in [-0.2, 0) is 4.74 Å². The van der Waals surface area contributed by atoms with E-state index >= 15 is 0 Å². The van der Waals surface area contributed by atoms with Crippen LogP contribution >= 0.6 is 11.6 Å². The highest BCUT2D eigenvalue weighted by Crippen LogP contribution is 2.14. The van der Waals surface area contributed by atoms with Crippen molar-refractivity contribution in [1.29, 1.82) is 0 Å². The number of ether oxygens (including phenoxy) is 1. The second-order valence-corrected chi connectivity index (χ2v) is 3.30. The van der Waals surface area contributed by atoms with E-state index in [2.05, 4.69) is 20.6 Å². The van der Waals surface area contributed by atoms with Crippen molar-refractivity contribution < 1.29 is 4.74 Å². The number of rotatable bonds is 7. The number of hydrogen-bond donors (Lipinski definition) is 2. The average molecular weight is 231 g/mol. The fourth-order valence-electron chi connectivity index (χ4n) is 1.01. The number of anilines is 1. The van der Waals surface area contributed by atoms with Crippen molar-refractivity contribution in [2.75, 3.05) is 38.7 Å². The Morgan fingerprint density at radius 2 is 2.27 bits per heavy atom. The van der Waals surface area contributed by atoms with Crippen molar-refractivity contribution in [3.05, 3.63) is 17.5 Å². The molecule has 0 amide bonds. The zero-order valence-corrected chi connectivity index (χ0v) is 9.42. The van der Waals surface area contributed by atoms with E-state index in [1.165, 1.54) is 6.33 Å². The van der Waals surface area contributed by atoms with E-state index in [4.69, 9.17) is 16.3 Å². The summed E-state index contributed by atoms with van der Waals surface area (Å²) in [5.41, 5.74) is 0. The molecule has 0 atom stereocenters. The van der Waals surface area contributed by atoms with Crippen LogP contribution in [0.25, 0.3) is 0 Å². The molecule has 2 N–H and O–H groups in total. The first-order chi connectivity index (χ1) is 7.34. The Bertz CT molecular complexity index is 285. The Labute approximate surface area is 94.2 Å². The summed E-state index contributed by atoms with van der Waals surface area (Å²) in [7, 11) is 1.68. The number of nitrogens with zero attached hydrogens (tertiary/aromatic N) is 2. The first kappa shape index (κ1) is 12.2. The van der Waals surface area contributed by atoms with E-state index in [0.29, 0.717) is 17.4 Å². The van der Waals surface area contributed by atoms with Gasteiger partial charge in [-0.05, 0) is 0 Å². The largest absolute Gasteiger partial charge is 0.383 e. The minimum Gasteiger partial charge on any atom is -0.383 e. The van der Waals surface area contributed by atoms with Crippen LogP contribution < -0.4 is 10.6 Å². The molecule has 0 aliphatic rings. The molecule has 0 aliphatic carbocycles. The van der Waals surface area contributed by atoms with Crippen molar-refractivity contribution in [2.45, 2.75) is 0 Å². The Morgan fingerprint density at radius 1 is 1.40 bits per heavy atom. The van der Waals surface area contributed by atoms with Gasteiger partial charge in [-0.25, -0.2) is 9.97 Å². The smallest absolute Gasteiger partial charge is 0.148 e. The molecule has 5 nitrogen and oxygen atoms in total. The van der Waals surface area contributed by atoms with Crippen LogP contribution in [0.15, 0.2) is 12.5 Å². The molecule has 84 valence electrons. The van der Waals surface area contributed by atoms with Gasteiger partial charge < -0.3 is 15.4 Å². The lowest BCUT2D eigenvalue weighted by Gasteiger charge is -2.07. The van der Waals surface area contributed by atoms with E-state index in [0.717, 1.165) is 19.6 Å². The van der Waals surface area contributed by atoms with Crippen molar-refractivity contribution in [2.24, 2.45) is 0 Å². The molecule has 1 rings (SSSR count). The zero-order chi connectivity index (χ0) is 10.9. The van der Waals surface area contributed by atoms with E-state index in [9.17, 15) is 0 Å². The van der Waals surface area contributed by atoms with Gasteiger partial charge in [-0.1, -0.05) is 11.6 Å². The minimum atomic E-state index is 0.536. The molecule has 0 radical (unpaired) electrons. The lowest BCUT2D eigenvalue weighted by atomic mass is 10.5. The van der Waals surface area contributed by atoms with Gasteiger partial charge >= 0.3 is 0 Å². The van der Waals surface area contributed by atoms with Crippen LogP contribution in [0.4, 0.5) is 5.82 Å². The first-order valence-corrected chi connectivity index (χ1v) is 5.11. The van der Waals surface area contributed by atoms with Crippen molar-refractivity contribution in [3.8, 4) is 0 Å². The summed E-state index contributed by atoms with van der Waals surface area (Å²) in [6, 6.07) is 0. The molecule has 0 fully saturated rings. The molecule has 0 aliphatic heterocycles. The molecule has 6 heteroatoms. The predicted octanol–water partition coefficient (Wildman–Crippen LogP) is 0.778. The van der Waals surface area contributed by atoms with E-state index < -0.39 is 0 Å². The lowest BCUT2D eigenvalue weighted by molar-refractivity contribution is 0.200. The standard InChI is InChI=1S/C9H15ClN4O/c1-15-5-4-11-2-3-13-9-8(10)6-12-7-14-9/h6-7,11H,2-5H2,1H3,(H,12,13,14). The highest BCUT2D eigenvalue weighted by molar-refractivity contribution is 6.32. The molecular formula is C9H15ClN4O. The molecule has 0 aromatic carbocycles. The highest BCUT2D eigenvalue weighted by atomic mass is 35.5. The Hall–Kier alpha value is -0.910. The monoisotopic (exact) mass is 230 g/mol. The Balaban J connectivity index is 2.12. The van der Waals surface area contributed by atoms with Gasteiger partial charge in [0.1, 0.15) is 17.2 Å². The molecule has 1 aromatic heterocycles. The molecule has 1 aromatic rings. The van der Waals surface area contributed by atoms with Gasteiger partial charge in [0.15, 0.2) is 0 Å². The average Bonchev–Trinajstić information content (AvgIpc) is 2.25. The Kier molecular flexibility index (Phi) is 5.99. The third-order valence-electron chi connectivity index (χ3n) is 1.74. The van der Waals surface area contributed by atoms with Gasteiger partial charge in [-0.3, -0.25) is 0 Å². The third kappa shape index (κ3) is 4.92. The predicted molar refractivity (Wildman–Crippen MR) is 60.3 cm³/mol. The summed E-state index contributed by atoms with van der Waals surface area (Å²) in [6.07, 6.45) is 3.03. The zero-order valence-electron chi connectivity index (χ0n) is 8.66. The number of aromatic nitrogens is 2. The summed E-state index contributed by atoms with van der Waals surface area (Å²) in [5.74, 6) is 0.667. The van der Waals surface area contributed by atoms with Crippen LogP contribution in [0, 0.1) is 0 Å². The number of nitrogens with one attached hydrogen (secondary N) is 2. The second kappa shape index (κ2) is 7.39. The Morgan fingerprint density at radius 3 is 3.00 bits per heavy atom. The summed E-state index contributed by atoms with van der Waals surface area (Å²) >= 11 is 5.86. The van der Waals surface area contributed by atoms with Crippen molar-refractivity contribution in [3.63, 3.8) is 0 Å². The normalized spacial score (nSPS) is 10.3. The topological polar surface area (TPSA) is 59.1 Å². The molecule has 0 saturated carbocycles. The van der Waals surface area contributed by atoms with E-state index in [1.54, 1.807) is 13.3 Å². The van der Waals surface area contributed by atoms with Gasteiger partial charge in [-0.2, -0.15) is 0 Å². The van der Waals surface area contributed by atoms with Gasteiger partial charge in [0.25, 0.3) is 0 Å². The second-order valence-electron chi connectivity index (χ2n) is 2.89. The maximum Gasteiger partial charge on any atom is 0.148 e. The highest BCUT2D eigenvalue weighted by Gasteiger charge is 1.98.